The molecule has 3 aromatic carbocycles. The second kappa shape index (κ2) is 8.21. The number of aromatic nitrogens is 1. The molecular formula is C30H29N3O2. The van der Waals surface area contributed by atoms with Gasteiger partial charge in [0.2, 0.25) is 5.91 Å². The van der Waals surface area contributed by atoms with Gasteiger partial charge in [0.05, 0.1) is 18.2 Å². The highest BCUT2D eigenvalue weighted by molar-refractivity contribution is 6.22. The molecule has 3 atom stereocenters. The fourth-order valence-corrected chi connectivity index (χ4v) is 5.96. The highest BCUT2D eigenvalue weighted by Gasteiger charge is 2.47. The lowest BCUT2D eigenvalue weighted by atomic mass is 9.83. The lowest BCUT2D eigenvalue weighted by Gasteiger charge is -2.41. The van der Waals surface area contributed by atoms with Gasteiger partial charge < -0.3 is 4.98 Å². The van der Waals surface area contributed by atoms with Gasteiger partial charge in [-0.15, -0.1) is 0 Å². The van der Waals surface area contributed by atoms with Crippen LogP contribution in [0.2, 0.25) is 0 Å². The molecule has 1 fully saturated rings. The highest BCUT2D eigenvalue weighted by Crippen LogP contribution is 2.45. The lowest BCUT2D eigenvalue weighted by molar-refractivity contribution is -0.123. The third kappa shape index (κ3) is 3.41. The molecule has 1 saturated heterocycles. The van der Waals surface area contributed by atoms with Gasteiger partial charge in [0.1, 0.15) is 0 Å². The fraction of sp³-hybridized carbons (Fsp3) is 0.267. The van der Waals surface area contributed by atoms with Crippen molar-refractivity contribution in [3.63, 3.8) is 0 Å². The maximum Gasteiger partial charge on any atom is 0.251 e. The Bertz CT molecular complexity index is 1460. The number of aryl methyl sites for hydroxylation is 2. The molecule has 2 aliphatic heterocycles. The van der Waals surface area contributed by atoms with Crippen molar-refractivity contribution in [1.29, 1.82) is 0 Å². The van der Waals surface area contributed by atoms with Gasteiger partial charge in [0.15, 0.2) is 0 Å². The molecule has 0 spiro atoms. The summed E-state index contributed by atoms with van der Waals surface area (Å²) in [4.78, 5) is 34.3. The number of aromatic amines is 1. The van der Waals surface area contributed by atoms with Gasteiger partial charge in [-0.2, -0.15) is 0 Å². The predicted molar refractivity (Wildman–Crippen MR) is 139 cm³/mol. The number of benzene rings is 3. The minimum absolute atomic E-state index is 0.0160. The van der Waals surface area contributed by atoms with E-state index in [1.807, 2.05) is 44.2 Å². The van der Waals surface area contributed by atoms with Crippen LogP contribution in [0.1, 0.15) is 53.3 Å². The minimum Gasteiger partial charge on any atom is -0.357 e. The van der Waals surface area contributed by atoms with Crippen molar-refractivity contribution in [3.8, 4) is 0 Å². The average molecular weight is 464 g/mol. The van der Waals surface area contributed by atoms with E-state index in [4.69, 9.17) is 0 Å². The van der Waals surface area contributed by atoms with Crippen molar-refractivity contribution in [3.05, 3.63) is 101 Å². The molecule has 3 heterocycles. The quantitative estimate of drug-likeness (QED) is 0.401. The van der Waals surface area contributed by atoms with Gasteiger partial charge >= 0.3 is 0 Å². The Morgan fingerprint density at radius 1 is 0.914 bits per heavy atom. The first-order chi connectivity index (χ1) is 16.9. The standard InChI is InChI=1S/C30H29N3O2/c1-18-13-14-19(2)25(15-18)33-27(34)16-26(30(33)35)32-17-23(21-9-5-4-6-10-21)28-22-11-7-8-12-24(22)31-29(28)20(32)3/h4-15,20,23,26,31H,16-17H2,1-3H3. The molecule has 3 unspecified atom stereocenters. The van der Waals surface area contributed by atoms with Gasteiger partial charge in [-0.25, -0.2) is 4.90 Å². The second-order valence-electron chi connectivity index (χ2n) is 9.91. The Balaban J connectivity index is 1.43. The van der Waals surface area contributed by atoms with Crippen molar-refractivity contribution in [2.75, 3.05) is 11.4 Å². The third-order valence-electron chi connectivity index (χ3n) is 7.76. The summed E-state index contributed by atoms with van der Waals surface area (Å²) < 4.78 is 0. The number of nitrogens with zero attached hydrogens (tertiary/aromatic N) is 2. The number of hydrogen-bond donors (Lipinski definition) is 1. The predicted octanol–water partition coefficient (Wildman–Crippen LogP) is 5.63. The van der Waals surface area contributed by atoms with Crippen molar-refractivity contribution < 1.29 is 9.59 Å². The molecule has 0 saturated carbocycles. The summed E-state index contributed by atoms with van der Waals surface area (Å²) in [6, 6.07) is 24.3. The Morgan fingerprint density at radius 3 is 2.46 bits per heavy atom. The molecule has 5 heteroatoms. The van der Waals surface area contributed by atoms with E-state index < -0.39 is 6.04 Å². The number of amides is 2. The van der Waals surface area contributed by atoms with E-state index in [1.165, 1.54) is 21.4 Å². The summed E-state index contributed by atoms with van der Waals surface area (Å²) in [5.41, 5.74) is 7.45. The summed E-state index contributed by atoms with van der Waals surface area (Å²) >= 11 is 0. The van der Waals surface area contributed by atoms with Crippen LogP contribution < -0.4 is 4.90 Å². The van der Waals surface area contributed by atoms with Gasteiger partial charge in [-0.1, -0.05) is 60.7 Å². The first-order valence-corrected chi connectivity index (χ1v) is 12.3. The number of H-pyrrole nitrogens is 1. The van der Waals surface area contributed by atoms with Gasteiger partial charge in [-0.3, -0.25) is 14.5 Å². The number of anilines is 1. The summed E-state index contributed by atoms with van der Waals surface area (Å²) in [6.45, 7) is 6.77. The first-order valence-electron chi connectivity index (χ1n) is 12.3. The zero-order valence-electron chi connectivity index (χ0n) is 20.3. The molecule has 176 valence electrons. The summed E-state index contributed by atoms with van der Waals surface area (Å²) in [5, 5.41) is 1.23. The smallest absolute Gasteiger partial charge is 0.251 e. The van der Waals surface area contributed by atoms with Crippen LogP contribution in [0, 0.1) is 13.8 Å². The molecule has 35 heavy (non-hydrogen) atoms. The Morgan fingerprint density at radius 2 is 1.66 bits per heavy atom. The van der Waals surface area contributed by atoms with Crippen LogP contribution >= 0.6 is 0 Å². The largest absolute Gasteiger partial charge is 0.357 e. The molecule has 2 aliphatic rings. The summed E-state index contributed by atoms with van der Waals surface area (Å²) in [6.07, 6.45) is 0.202. The summed E-state index contributed by atoms with van der Waals surface area (Å²) in [7, 11) is 0. The fourth-order valence-electron chi connectivity index (χ4n) is 5.96. The van der Waals surface area contributed by atoms with Crippen molar-refractivity contribution in [1.82, 2.24) is 9.88 Å². The number of nitrogens with one attached hydrogen (secondary N) is 1. The number of carbonyl (C=O) groups excluding carboxylic acids is 2. The molecule has 1 N–H and O–H groups in total. The Labute approximate surface area is 205 Å². The van der Waals surface area contributed by atoms with E-state index >= 15 is 0 Å². The third-order valence-corrected chi connectivity index (χ3v) is 7.76. The number of fused-ring (bicyclic) bond motifs is 3. The van der Waals surface area contributed by atoms with Crippen LogP contribution in [-0.2, 0) is 9.59 Å². The molecule has 1 aromatic heterocycles. The van der Waals surface area contributed by atoms with Crippen LogP contribution in [0.5, 0.6) is 0 Å². The maximum absolute atomic E-state index is 13.8. The molecule has 5 nitrogen and oxygen atoms in total. The molecule has 4 aromatic rings. The SMILES string of the molecule is Cc1ccc(C)c(N2C(=O)CC(N3CC(c4ccccc4)c4c([nH]c5ccccc45)C3C)C2=O)c1. The molecule has 6 rings (SSSR count). The first kappa shape index (κ1) is 21.8. The maximum atomic E-state index is 13.8. The van der Waals surface area contributed by atoms with Crippen LogP contribution in [0.3, 0.4) is 0 Å². The van der Waals surface area contributed by atoms with Gasteiger partial charge in [0.25, 0.3) is 5.91 Å². The van der Waals surface area contributed by atoms with E-state index in [0.29, 0.717) is 12.2 Å². The second-order valence-corrected chi connectivity index (χ2v) is 9.91. The number of para-hydroxylation sites is 1. The van der Waals surface area contributed by atoms with E-state index in [-0.39, 0.29) is 30.2 Å². The lowest BCUT2D eigenvalue weighted by Crippen LogP contribution is -2.47. The van der Waals surface area contributed by atoms with E-state index in [0.717, 1.165) is 22.3 Å². The number of hydrogen-bond acceptors (Lipinski definition) is 3. The number of carbonyl (C=O) groups is 2. The van der Waals surface area contributed by atoms with Crippen LogP contribution in [0.25, 0.3) is 10.9 Å². The zero-order valence-corrected chi connectivity index (χ0v) is 20.3. The normalized spacial score (nSPS) is 22.7. The zero-order chi connectivity index (χ0) is 24.3. The number of imide groups is 1. The van der Waals surface area contributed by atoms with E-state index in [1.54, 1.807) is 0 Å². The average Bonchev–Trinajstić information content (AvgIpc) is 3.39. The van der Waals surface area contributed by atoms with E-state index in [2.05, 4.69) is 59.3 Å². The topological polar surface area (TPSA) is 56.4 Å². The summed E-state index contributed by atoms with van der Waals surface area (Å²) in [5.74, 6) is -0.141. The highest BCUT2D eigenvalue weighted by atomic mass is 16.2. The van der Waals surface area contributed by atoms with Crippen LogP contribution in [0.4, 0.5) is 5.69 Å². The number of rotatable bonds is 3. The molecular weight excluding hydrogens is 434 g/mol. The van der Waals surface area contributed by atoms with Crippen molar-refractivity contribution >= 4 is 28.4 Å². The molecule has 2 amide bonds. The van der Waals surface area contributed by atoms with Crippen LogP contribution in [-0.4, -0.2) is 34.3 Å². The van der Waals surface area contributed by atoms with Crippen molar-refractivity contribution in [2.45, 2.75) is 45.2 Å². The van der Waals surface area contributed by atoms with Gasteiger partial charge in [-0.05, 0) is 55.2 Å². The van der Waals surface area contributed by atoms with Crippen molar-refractivity contribution in [2.24, 2.45) is 0 Å². The Kier molecular flexibility index (Phi) is 5.11. The van der Waals surface area contributed by atoms with Crippen LogP contribution in [0.15, 0.2) is 72.8 Å². The Hall–Kier alpha value is -3.70. The molecule has 0 bridgehead atoms. The van der Waals surface area contributed by atoms with Gasteiger partial charge in [0, 0.05) is 35.1 Å². The molecule has 0 radical (unpaired) electrons. The van der Waals surface area contributed by atoms with E-state index in [9.17, 15) is 9.59 Å². The monoisotopic (exact) mass is 463 g/mol. The molecule has 0 aliphatic carbocycles. The minimum atomic E-state index is -0.483.